The second-order valence-corrected chi connectivity index (χ2v) is 11.7. The van der Waals surface area contributed by atoms with E-state index in [1.807, 2.05) is 29.2 Å². The second-order valence-electron chi connectivity index (χ2n) is 11.7. The summed E-state index contributed by atoms with van der Waals surface area (Å²) in [6, 6.07) is 16.3. The molecule has 224 valence electrons. The van der Waals surface area contributed by atoms with Gasteiger partial charge in [-0.3, -0.25) is 24.6 Å². The van der Waals surface area contributed by atoms with Crippen molar-refractivity contribution in [3.05, 3.63) is 89.6 Å². The van der Waals surface area contributed by atoms with Gasteiger partial charge in [-0.25, -0.2) is 13.8 Å². The van der Waals surface area contributed by atoms with Crippen molar-refractivity contribution in [2.75, 3.05) is 29.4 Å². The van der Waals surface area contributed by atoms with Crippen LogP contribution in [-0.2, 0) is 16.1 Å². The van der Waals surface area contributed by atoms with Crippen molar-refractivity contribution in [2.45, 2.75) is 38.3 Å². The Kier molecular flexibility index (Phi) is 7.29. The third-order valence-electron chi connectivity index (χ3n) is 8.98. The van der Waals surface area contributed by atoms with Gasteiger partial charge in [0, 0.05) is 48.8 Å². The zero-order valence-corrected chi connectivity index (χ0v) is 24.0. The highest BCUT2D eigenvalue weighted by molar-refractivity contribution is 6.27. The van der Waals surface area contributed by atoms with Crippen molar-refractivity contribution < 1.29 is 23.2 Å². The van der Waals surface area contributed by atoms with Gasteiger partial charge in [-0.05, 0) is 78.6 Å². The number of pyridine rings is 1. The van der Waals surface area contributed by atoms with Crippen LogP contribution in [0.1, 0.15) is 41.6 Å². The lowest BCUT2D eigenvalue weighted by Gasteiger charge is -2.33. The Hall–Kier alpha value is -4.70. The molecule has 44 heavy (non-hydrogen) atoms. The van der Waals surface area contributed by atoms with Crippen LogP contribution in [-0.4, -0.2) is 48.4 Å². The lowest BCUT2D eigenvalue weighted by atomic mass is 9.96. The number of aromatic nitrogens is 1. The van der Waals surface area contributed by atoms with Gasteiger partial charge in [0.15, 0.2) is 11.6 Å². The van der Waals surface area contributed by atoms with Gasteiger partial charge in [0.25, 0.3) is 5.91 Å². The fourth-order valence-electron chi connectivity index (χ4n) is 6.71. The third kappa shape index (κ3) is 5.09. The highest BCUT2D eigenvalue weighted by Gasteiger charge is 2.40. The molecular weight excluding hydrogens is 564 g/mol. The number of benzene rings is 3. The lowest BCUT2D eigenvalue weighted by molar-refractivity contribution is -0.134. The molecule has 1 atom stereocenters. The van der Waals surface area contributed by atoms with Crippen LogP contribution in [0.3, 0.4) is 0 Å². The quantitative estimate of drug-likeness (QED) is 0.294. The molecule has 0 radical (unpaired) electrons. The van der Waals surface area contributed by atoms with E-state index in [9.17, 15) is 18.8 Å². The minimum absolute atomic E-state index is 0.203. The molecule has 0 aliphatic carbocycles. The maximum absolute atomic E-state index is 15.0. The first-order chi connectivity index (χ1) is 21.4. The van der Waals surface area contributed by atoms with E-state index in [-0.39, 0.29) is 24.1 Å². The first-order valence-electron chi connectivity index (χ1n) is 15.0. The molecule has 0 spiro atoms. The normalized spacial score (nSPS) is 18.8. The summed E-state index contributed by atoms with van der Waals surface area (Å²) in [4.78, 5) is 45.5. The summed E-state index contributed by atoms with van der Waals surface area (Å²) in [5.41, 5.74) is 3.47. The molecule has 2 fully saturated rings. The average Bonchev–Trinajstić information content (AvgIpc) is 3.31. The number of rotatable bonds is 7. The van der Waals surface area contributed by atoms with Gasteiger partial charge in [0.05, 0.1) is 5.69 Å². The van der Waals surface area contributed by atoms with E-state index < -0.39 is 17.8 Å². The SMILES string of the molecule is O=C1CCC(N2C(=O)c3cccc4c(CNCC5CCN(c6ncc(-c7cccc(F)c7)cc6F)CC5)ccc2c34)C(=O)N1. The molecule has 10 heteroatoms. The number of halogens is 2. The van der Waals surface area contributed by atoms with Crippen LogP contribution in [0.25, 0.3) is 21.9 Å². The Morgan fingerprint density at radius 3 is 2.52 bits per heavy atom. The average molecular weight is 596 g/mol. The number of carbonyl (C=O) groups is 3. The fourth-order valence-corrected chi connectivity index (χ4v) is 6.71. The second kappa shape index (κ2) is 11.4. The predicted octanol–water partition coefficient (Wildman–Crippen LogP) is 4.95. The monoisotopic (exact) mass is 595 g/mol. The molecule has 3 aliphatic rings. The zero-order valence-electron chi connectivity index (χ0n) is 24.0. The number of imide groups is 1. The Morgan fingerprint density at radius 1 is 0.932 bits per heavy atom. The molecule has 3 amide bonds. The number of anilines is 2. The molecule has 0 bridgehead atoms. The van der Waals surface area contributed by atoms with Crippen molar-refractivity contribution in [1.29, 1.82) is 0 Å². The van der Waals surface area contributed by atoms with Gasteiger partial charge in [-0.2, -0.15) is 0 Å². The predicted molar refractivity (Wildman–Crippen MR) is 163 cm³/mol. The standard InChI is InChI=1S/C34H31F2N5O3/c35-24-4-1-3-21(15-24)23-16-27(36)32(38-19-23)40-13-11-20(12-14-40)17-37-18-22-7-8-28-31-25(22)5-2-6-26(31)34(44)41(28)29-9-10-30(42)39-33(29)43/h1-8,15-16,19-20,29,37H,9-14,17-18H2,(H,39,42,43). The largest absolute Gasteiger partial charge is 0.354 e. The van der Waals surface area contributed by atoms with E-state index in [1.54, 1.807) is 24.4 Å². The van der Waals surface area contributed by atoms with Gasteiger partial charge in [0.2, 0.25) is 11.8 Å². The van der Waals surface area contributed by atoms with Crippen LogP contribution < -0.4 is 20.4 Å². The molecule has 7 rings (SSSR count). The molecule has 8 nitrogen and oxygen atoms in total. The molecule has 1 aromatic heterocycles. The van der Waals surface area contributed by atoms with Crippen LogP contribution in [0.15, 0.2) is 66.9 Å². The van der Waals surface area contributed by atoms with Gasteiger partial charge in [0.1, 0.15) is 11.9 Å². The van der Waals surface area contributed by atoms with E-state index >= 15 is 4.39 Å². The van der Waals surface area contributed by atoms with E-state index in [1.165, 1.54) is 23.1 Å². The van der Waals surface area contributed by atoms with Gasteiger partial charge < -0.3 is 10.2 Å². The van der Waals surface area contributed by atoms with Crippen LogP contribution in [0, 0.1) is 17.6 Å². The van der Waals surface area contributed by atoms with E-state index in [2.05, 4.69) is 15.6 Å². The number of hydrogen-bond acceptors (Lipinski definition) is 6. The summed E-state index contributed by atoms with van der Waals surface area (Å²) >= 11 is 0. The number of piperidine rings is 2. The zero-order chi connectivity index (χ0) is 30.4. The van der Waals surface area contributed by atoms with Crippen LogP contribution in [0.5, 0.6) is 0 Å². The number of amides is 3. The Morgan fingerprint density at radius 2 is 1.75 bits per heavy atom. The van der Waals surface area contributed by atoms with Crippen molar-refractivity contribution in [2.24, 2.45) is 5.92 Å². The Labute approximate surface area is 253 Å². The highest BCUT2D eigenvalue weighted by atomic mass is 19.1. The first kappa shape index (κ1) is 28.1. The maximum atomic E-state index is 15.0. The van der Waals surface area contributed by atoms with E-state index in [4.69, 9.17) is 0 Å². The molecule has 3 aromatic carbocycles. The summed E-state index contributed by atoms with van der Waals surface area (Å²) in [5, 5.41) is 7.75. The molecular formula is C34H31F2N5O3. The number of carbonyl (C=O) groups excluding carboxylic acids is 3. The molecule has 0 saturated carbocycles. The molecule has 2 saturated heterocycles. The maximum Gasteiger partial charge on any atom is 0.259 e. The van der Waals surface area contributed by atoms with Crippen molar-refractivity contribution in [3.8, 4) is 11.1 Å². The van der Waals surface area contributed by atoms with Crippen LogP contribution >= 0.6 is 0 Å². The highest BCUT2D eigenvalue weighted by Crippen LogP contribution is 2.41. The molecule has 1 unspecified atom stereocenters. The van der Waals surface area contributed by atoms with E-state index in [0.29, 0.717) is 60.2 Å². The molecule has 3 aliphatic heterocycles. The number of hydrogen-bond donors (Lipinski definition) is 2. The molecule has 4 aromatic rings. The fraction of sp³-hybridized carbons (Fsp3) is 0.294. The minimum atomic E-state index is -0.708. The summed E-state index contributed by atoms with van der Waals surface area (Å²) < 4.78 is 28.6. The van der Waals surface area contributed by atoms with E-state index in [0.717, 1.165) is 35.7 Å². The summed E-state index contributed by atoms with van der Waals surface area (Å²) in [7, 11) is 0. The Bertz CT molecular complexity index is 1800. The van der Waals surface area contributed by atoms with Gasteiger partial charge >= 0.3 is 0 Å². The summed E-state index contributed by atoms with van der Waals surface area (Å²) in [5.74, 6) is -1.01. The van der Waals surface area contributed by atoms with Gasteiger partial charge in [-0.15, -0.1) is 0 Å². The topological polar surface area (TPSA) is 94.6 Å². The third-order valence-corrected chi connectivity index (χ3v) is 8.98. The lowest BCUT2D eigenvalue weighted by Crippen LogP contribution is -2.53. The molecule has 4 heterocycles. The molecule has 2 N–H and O–H groups in total. The number of nitrogens with zero attached hydrogens (tertiary/aromatic N) is 3. The van der Waals surface area contributed by atoms with Crippen molar-refractivity contribution in [3.63, 3.8) is 0 Å². The van der Waals surface area contributed by atoms with Crippen molar-refractivity contribution in [1.82, 2.24) is 15.6 Å². The van der Waals surface area contributed by atoms with Gasteiger partial charge in [-0.1, -0.05) is 30.3 Å². The van der Waals surface area contributed by atoms with Crippen LogP contribution in [0.2, 0.25) is 0 Å². The minimum Gasteiger partial charge on any atom is -0.354 e. The first-order valence-corrected chi connectivity index (χ1v) is 15.0. The summed E-state index contributed by atoms with van der Waals surface area (Å²) in [6.07, 6.45) is 3.88. The van der Waals surface area contributed by atoms with Crippen LogP contribution in [0.4, 0.5) is 20.3 Å². The smallest absolute Gasteiger partial charge is 0.259 e. The van der Waals surface area contributed by atoms with Crippen molar-refractivity contribution >= 4 is 40.0 Å². The number of nitrogens with one attached hydrogen (secondary N) is 2. The Balaban J connectivity index is 0.981. The summed E-state index contributed by atoms with van der Waals surface area (Å²) in [6.45, 7) is 2.79.